The number of anilines is 1. The van der Waals surface area contributed by atoms with E-state index in [0.29, 0.717) is 12.1 Å². The van der Waals surface area contributed by atoms with Crippen LogP contribution < -0.4 is 4.90 Å². The van der Waals surface area contributed by atoms with Crippen LogP contribution in [0.5, 0.6) is 0 Å². The molecule has 0 aromatic heterocycles. The molecular weight excluding hydrogens is 264 g/mol. The zero-order valence-corrected chi connectivity index (χ0v) is 12.9. The summed E-state index contributed by atoms with van der Waals surface area (Å²) in [6.07, 6.45) is 1.68. The highest BCUT2D eigenvalue weighted by atomic mass is 16.5. The lowest BCUT2D eigenvalue weighted by Gasteiger charge is -2.46. The van der Waals surface area contributed by atoms with E-state index in [2.05, 4.69) is 43.0 Å². The minimum absolute atomic E-state index is 0.180. The lowest BCUT2D eigenvalue weighted by molar-refractivity contribution is -0.142. The van der Waals surface area contributed by atoms with Gasteiger partial charge in [-0.25, -0.2) is 0 Å². The smallest absolute Gasteiger partial charge is 0.251 e. The number of hydrogen-bond acceptors (Lipinski definition) is 3. The molecule has 4 heteroatoms. The van der Waals surface area contributed by atoms with Gasteiger partial charge < -0.3 is 14.5 Å². The molecule has 3 unspecified atom stereocenters. The number of piperazine rings is 1. The molecule has 114 valence electrons. The molecule has 2 aliphatic rings. The molecule has 2 fully saturated rings. The molecule has 21 heavy (non-hydrogen) atoms. The number of ether oxygens (including phenoxy) is 1. The van der Waals surface area contributed by atoms with Crippen molar-refractivity contribution in [3.8, 4) is 0 Å². The molecule has 1 amide bonds. The largest absolute Gasteiger partial charge is 0.368 e. The van der Waals surface area contributed by atoms with E-state index in [4.69, 9.17) is 4.74 Å². The van der Waals surface area contributed by atoms with Gasteiger partial charge in [-0.2, -0.15) is 0 Å². The zero-order valence-electron chi connectivity index (χ0n) is 12.9. The summed E-state index contributed by atoms with van der Waals surface area (Å²) in [5, 5.41) is 0. The Balaban J connectivity index is 1.70. The van der Waals surface area contributed by atoms with Crippen LogP contribution in [0, 0.1) is 0 Å². The van der Waals surface area contributed by atoms with Crippen molar-refractivity contribution >= 4 is 11.6 Å². The van der Waals surface area contributed by atoms with Gasteiger partial charge in [-0.3, -0.25) is 4.79 Å². The second-order valence-corrected chi connectivity index (χ2v) is 6.19. The summed E-state index contributed by atoms with van der Waals surface area (Å²) in [5.74, 6) is 0.180. The molecule has 0 aliphatic carbocycles. The minimum atomic E-state index is -0.201. The molecule has 4 nitrogen and oxygen atoms in total. The van der Waals surface area contributed by atoms with Crippen molar-refractivity contribution < 1.29 is 9.53 Å². The van der Waals surface area contributed by atoms with Crippen LogP contribution in [0.25, 0.3) is 0 Å². The van der Waals surface area contributed by atoms with Crippen LogP contribution in [0.2, 0.25) is 0 Å². The van der Waals surface area contributed by atoms with Crippen molar-refractivity contribution in [3.05, 3.63) is 30.3 Å². The lowest BCUT2D eigenvalue weighted by atomic mass is 10.0. The van der Waals surface area contributed by atoms with E-state index in [9.17, 15) is 4.79 Å². The normalized spacial score (nSPS) is 29.7. The molecule has 3 rings (SSSR count). The molecule has 0 N–H and O–H groups in total. The molecule has 1 aromatic carbocycles. The van der Waals surface area contributed by atoms with Crippen molar-refractivity contribution in [1.82, 2.24) is 4.90 Å². The SMILES string of the molecule is CC1CN(C(=O)C2CCCO2)CC(C)N1c1ccccc1. The molecule has 2 aliphatic heterocycles. The third kappa shape index (κ3) is 2.91. The topological polar surface area (TPSA) is 32.8 Å². The quantitative estimate of drug-likeness (QED) is 0.837. The van der Waals surface area contributed by atoms with Crippen molar-refractivity contribution in [2.45, 2.75) is 44.9 Å². The van der Waals surface area contributed by atoms with E-state index >= 15 is 0 Å². The molecular formula is C17H24N2O2. The average Bonchev–Trinajstić information content (AvgIpc) is 3.01. The summed E-state index contributed by atoms with van der Waals surface area (Å²) in [4.78, 5) is 16.9. The maximum Gasteiger partial charge on any atom is 0.251 e. The third-order valence-corrected chi connectivity index (χ3v) is 4.49. The highest BCUT2D eigenvalue weighted by Crippen LogP contribution is 2.25. The Kier molecular flexibility index (Phi) is 4.15. The zero-order chi connectivity index (χ0) is 14.8. The molecule has 0 bridgehead atoms. The predicted octanol–water partition coefficient (Wildman–Crippen LogP) is 2.29. The molecule has 2 saturated heterocycles. The average molecular weight is 288 g/mol. The number of amides is 1. The van der Waals surface area contributed by atoms with Gasteiger partial charge in [-0.1, -0.05) is 18.2 Å². The lowest BCUT2D eigenvalue weighted by Crippen LogP contribution is -2.59. The van der Waals surface area contributed by atoms with Crippen molar-refractivity contribution in [2.24, 2.45) is 0 Å². The Labute approximate surface area is 126 Å². The van der Waals surface area contributed by atoms with E-state index in [-0.39, 0.29) is 12.0 Å². The first kappa shape index (κ1) is 14.4. The molecule has 0 saturated carbocycles. The number of carbonyl (C=O) groups is 1. The monoisotopic (exact) mass is 288 g/mol. The first-order chi connectivity index (χ1) is 10.2. The van der Waals surface area contributed by atoms with Gasteiger partial charge in [0.2, 0.25) is 0 Å². The van der Waals surface area contributed by atoms with Gasteiger partial charge in [0.05, 0.1) is 0 Å². The van der Waals surface area contributed by atoms with E-state index in [1.807, 2.05) is 11.0 Å². The fraction of sp³-hybridized carbons (Fsp3) is 0.588. The number of carbonyl (C=O) groups excluding carboxylic acids is 1. The molecule has 1 aromatic rings. The third-order valence-electron chi connectivity index (χ3n) is 4.49. The Hall–Kier alpha value is -1.55. The first-order valence-electron chi connectivity index (χ1n) is 7.90. The molecule has 3 atom stereocenters. The first-order valence-corrected chi connectivity index (χ1v) is 7.90. The van der Waals surface area contributed by atoms with E-state index in [1.165, 1.54) is 5.69 Å². The highest BCUT2D eigenvalue weighted by Gasteiger charge is 2.35. The van der Waals surface area contributed by atoms with Crippen molar-refractivity contribution in [1.29, 1.82) is 0 Å². The van der Waals surface area contributed by atoms with Gasteiger partial charge in [0.1, 0.15) is 6.10 Å². The van der Waals surface area contributed by atoms with E-state index in [1.54, 1.807) is 0 Å². The van der Waals surface area contributed by atoms with Crippen LogP contribution in [0.4, 0.5) is 5.69 Å². The van der Waals surface area contributed by atoms with Crippen LogP contribution in [-0.4, -0.2) is 48.7 Å². The second kappa shape index (κ2) is 6.06. The van der Waals surface area contributed by atoms with Crippen LogP contribution in [0.15, 0.2) is 30.3 Å². The van der Waals surface area contributed by atoms with E-state index in [0.717, 1.165) is 32.5 Å². The number of para-hydroxylation sites is 1. The summed E-state index contributed by atoms with van der Waals surface area (Å²) in [6, 6.07) is 11.1. The van der Waals surface area contributed by atoms with Gasteiger partial charge in [0.15, 0.2) is 0 Å². The summed E-state index contributed by atoms with van der Waals surface area (Å²) >= 11 is 0. The minimum Gasteiger partial charge on any atom is -0.368 e. The van der Waals surface area contributed by atoms with E-state index < -0.39 is 0 Å². The molecule has 2 heterocycles. The highest BCUT2D eigenvalue weighted by molar-refractivity contribution is 5.81. The summed E-state index contributed by atoms with van der Waals surface area (Å²) in [5.41, 5.74) is 1.24. The molecule has 0 spiro atoms. The van der Waals surface area contributed by atoms with Gasteiger partial charge in [-0.15, -0.1) is 0 Å². The van der Waals surface area contributed by atoms with Crippen LogP contribution in [-0.2, 0) is 9.53 Å². The Morgan fingerprint density at radius 3 is 2.38 bits per heavy atom. The Morgan fingerprint density at radius 1 is 1.14 bits per heavy atom. The van der Waals surface area contributed by atoms with Crippen LogP contribution in [0.3, 0.4) is 0 Å². The maximum atomic E-state index is 12.5. The van der Waals surface area contributed by atoms with Crippen LogP contribution in [0.1, 0.15) is 26.7 Å². The number of benzene rings is 1. The standard InChI is InChI=1S/C17H24N2O2/c1-13-11-18(17(20)16-9-6-10-21-16)12-14(2)19(13)15-7-4-3-5-8-15/h3-5,7-8,13-14,16H,6,9-12H2,1-2H3. The fourth-order valence-electron chi connectivity index (χ4n) is 3.59. The summed E-state index contributed by atoms with van der Waals surface area (Å²) < 4.78 is 5.55. The van der Waals surface area contributed by atoms with Gasteiger partial charge in [0, 0.05) is 37.5 Å². The fourth-order valence-corrected chi connectivity index (χ4v) is 3.59. The van der Waals surface area contributed by atoms with Crippen LogP contribution >= 0.6 is 0 Å². The summed E-state index contributed by atoms with van der Waals surface area (Å²) in [7, 11) is 0. The molecule has 0 radical (unpaired) electrons. The summed E-state index contributed by atoms with van der Waals surface area (Å²) in [6.45, 7) is 6.66. The second-order valence-electron chi connectivity index (χ2n) is 6.19. The number of rotatable bonds is 2. The predicted molar refractivity (Wildman–Crippen MR) is 83.4 cm³/mol. The Morgan fingerprint density at radius 2 is 1.81 bits per heavy atom. The number of hydrogen-bond donors (Lipinski definition) is 0. The van der Waals surface area contributed by atoms with Gasteiger partial charge >= 0.3 is 0 Å². The Bertz CT molecular complexity index is 473. The van der Waals surface area contributed by atoms with Crippen molar-refractivity contribution in [3.63, 3.8) is 0 Å². The maximum absolute atomic E-state index is 12.5. The number of nitrogens with zero attached hydrogens (tertiary/aromatic N) is 2. The van der Waals surface area contributed by atoms with Crippen molar-refractivity contribution in [2.75, 3.05) is 24.6 Å². The van der Waals surface area contributed by atoms with Gasteiger partial charge in [-0.05, 0) is 38.8 Å². The van der Waals surface area contributed by atoms with Gasteiger partial charge in [0.25, 0.3) is 5.91 Å².